The SMILES string of the molecule is NC(=O)C(N)Cn1ccnc1-c1cccs1. The first kappa shape index (κ1) is 10.8. The van der Waals surface area contributed by atoms with Crippen LogP contribution in [0.25, 0.3) is 10.7 Å². The molecule has 1 unspecified atom stereocenters. The Bertz CT molecular complexity index is 477. The Hall–Kier alpha value is -1.66. The molecule has 0 radical (unpaired) electrons. The highest BCUT2D eigenvalue weighted by atomic mass is 32.1. The summed E-state index contributed by atoms with van der Waals surface area (Å²) in [5, 5.41) is 1.97. The third-order valence-electron chi connectivity index (χ3n) is 2.22. The predicted octanol–water partition coefficient (Wildman–Crippen LogP) is 0.424. The number of rotatable bonds is 4. The van der Waals surface area contributed by atoms with Gasteiger partial charge in [0.15, 0.2) is 0 Å². The maximum Gasteiger partial charge on any atom is 0.236 e. The molecule has 5 nitrogen and oxygen atoms in total. The Morgan fingerprint density at radius 1 is 1.62 bits per heavy atom. The Balaban J connectivity index is 2.23. The maximum atomic E-state index is 10.9. The smallest absolute Gasteiger partial charge is 0.236 e. The summed E-state index contributed by atoms with van der Waals surface area (Å²) in [5.41, 5.74) is 10.7. The third kappa shape index (κ3) is 2.12. The van der Waals surface area contributed by atoms with Gasteiger partial charge in [0.2, 0.25) is 5.91 Å². The third-order valence-corrected chi connectivity index (χ3v) is 3.08. The second kappa shape index (κ2) is 4.46. The van der Waals surface area contributed by atoms with Crippen molar-refractivity contribution in [2.24, 2.45) is 11.5 Å². The van der Waals surface area contributed by atoms with E-state index in [9.17, 15) is 4.79 Å². The quantitative estimate of drug-likeness (QED) is 0.806. The highest BCUT2D eigenvalue weighted by molar-refractivity contribution is 7.13. The predicted molar refractivity (Wildman–Crippen MR) is 62.7 cm³/mol. The molecule has 84 valence electrons. The van der Waals surface area contributed by atoms with Crippen molar-refractivity contribution in [3.8, 4) is 10.7 Å². The summed E-state index contributed by atoms with van der Waals surface area (Å²) in [4.78, 5) is 16.2. The Labute approximate surface area is 96.7 Å². The van der Waals surface area contributed by atoms with Crippen LogP contribution >= 0.6 is 11.3 Å². The lowest BCUT2D eigenvalue weighted by atomic mass is 10.3. The lowest BCUT2D eigenvalue weighted by Gasteiger charge is -2.10. The van der Waals surface area contributed by atoms with Crippen molar-refractivity contribution >= 4 is 17.2 Å². The van der Waals surface area contributed by atoms with Gasteiger partial charge in [-0.1, -0.05) is 6.07 Å². The minimum atomic E-state index is -0.687. The van der Waals surface area contributed by atoms with Gasteiger partial charge in [-0.15, -0.1) is 11.3 Å². The zero-order valence-corrected chi connectivity index (χ0v) is 9.35. The molecule has 2 rings (SSSR count). The van der Waals surface area contributed by atoms with E-state index in [-0.39, 0.29) is 0 Å². The summed E-state index contributed by atoms with van der Waals surface area (Å²) in [6, 6.07) is 3.24. The standard InChI is InChI=1S/C10H12N4OS/c11-7(9(12)15)6-14-4-3-13-10(14)8-2-1-5-16-8/h1-5,7H,6,11H2,(H2,12,15). The van der Waals surface area contributed by atoms with E-state index in [4.69, 9.17) is 11.5 Å². The van der Waals surface area contributed by atoms with Crippen LogP contribution in [0.15, 0.2) is 29.9 Å². The summed E-state index contributed by atoms with van der Waals surface area (Å²) in [6.07, 6.45) is 3.47. The van der Waals surface area contributed by atoms with Crippen molar-refractivity contribution in [3.05, 3.63) is 29.9 Å². The van der Waals surface area contributed by atoms with Gasteiger partial charge in [0, 0.05) is 18.9 Å². The van der Waals surface area contributed by atoms with E-state index in [2.05, 4.69) is 4.98 Å². The van der Waals surface area contributed by atoms with Crippen LogP contribution in [0.2, 0.25) is 0 Å². The van der Waals surface area contributed by atoms with Gasteiger partial charge in [0.05, 0.1) is 4.88 Å². The van der Waals surface area contributed by atoms with E-state index in [1.165, 1.54) is 0 Å². The lowest BCUT2D eigenvalue weighted by molar-refractivity contribution is -0.119. The molecular weight excluding hydrogens is 224 g/mol. The number of nitrogens with two attached hydrogens (primary N) is 2. The molecule has 2 aromatic rings. The van der Waals surface area contributed by atoms with Crippen LogP contribution in [-0.2, 0) is 11.3 Å². The Morgan fingerprint density at radius 3 is 3.06 bits per heavy atom. The topological polar surface area (TPSA) is 86.9 Å². The second-order valence-electron chi connectivity index (χ2n) is 3.39. The second-order valence-corrected chi connectivity index (χ2v) is 4.34. The molecule has 0 aliphatic rings. The number of carbonyl (C=O) groups excluding carboxylic acids is 1. The van der Waals surface area contributed by atoms with Crippen LogP contribution in [0.5, 0.6) is 0 Å². The van der Waals surface area contributed by atoms with Crippen LogP contribution in [0.3, 0.4) is 0 Å². The van der Waals surface area contributed by atoms with Crippen LogP contribution in [0.4, 0.5) is 0 Å². The molecule has 0 saturated carbocycles. The van der Waals surface area contributed by atoms with Gasteiger partial charge in [-0.3, -0.25) is 4.79 Å². The van der Waals surface area contributed by atoms with Crippen LogP contribution in [0, 0.1) is 0 Å². The molecule has 4 N–H and O–H groups in total. The van der Waals surface area contributed by atoms with Gasteiger partial charge in [-0.25, -0.2) is 4.98 Å². The molecule has 1 atom stereocenters. The van der Waals surface area contributed by atoms with Crippen molar-refractivity contribution in [3.63, 3.8) is 0 Å². The fourth-order valence-electron chi connectivity index (χ4n) is 1.39. The maximum absolute atomic E-state index is 10.9. The minimum absolute atomic E-state index is 0.350. The first-order chi connectivity index (χ1) is 7.68. The number of hydrogen-bond acceptors (Lipinski definition) is 4. The summed E-state index contributed by atoms with van der Waals surface area (Å²) in [7, 11) is 0. The van der Waals surface area contributed by atoms with Gasteiger partial charge in [-0.2, -0.15) is 0 Å². The summed E-state index contributed by atoms with van der Waals surface area (Å²) >= 11 is 1.59. The molecule has 0 aliphatic heterocycles. The normalized spacial score (nSPS) is 12.6. The molecule has 2 aromatic heterocycles. The van der Waals surface area contributed by atoms with E-state index < -0.39 is 11.9 Å². The molecule has 0 aliphatic carbocycles. The molecule has 0 spiro atoms. The summed E-state index contributed by atoms with van der Waals surface area (Å²) in [5.74, 6) is 0.303. The van der Waals surface area contributed by atoms with Crippen molar-refractivity contribution in [1.29, 1.82) is 0 Å². The number of thiophene rings is 1. The van der Waals surface area contributed by atoms with Gasteiger partial charge in [0.1, 0.15) is 11.9 Å². The summed E-state index contributed by atoms with van der Waals surface area (Å²) < 4.78 is 1.83. The van der Waals surface area contributed by atoms with Gasteiger partial charge in [-0.05, 0) is 11.4 Å². The fraction of sp³-hybridized carbons (Fsp3) is 0.200. The number of amides is 1. The van der Waals surface area contributed by atoms with Crippen molar-refractivity contribution < 1.29 is 4.79 Å². The lowest BCUT2D eigenvalue weighted by Crippen LogP contribution is -2.39. The van der Waals surface area contributed by atoms with E-state index >= 15 is 0 Å². The summed E-state index contributed by atoms with van der Waals surface area (Å²) in [6.45, 7) is 0.350. The number of nitrogens with zero attached hydrogens (tertiary/aromatic N) is 2. The molecule has 0 bridgehead atoms. The molecule has 0 saturated heterocycles. The number of aromatic nitrogens is 2. The average Bonchev–Trinajstić information content (AvgIpc) is 2.85. The number of primary amides is 1. The van der Waals surface area contributed by atoms with Gasteiger partial charge >= 0.3 is 0 Å². The monoisotopic (exact) mass is 236 g/mol. The Kier molecular flexibility index (Phi) is 3.02. The highest BCUT2D eigenvalue weighted by Gasteiger charge is 2.13. The van der Waals surface area contributed by atoms with Gasteiger partial charge < -0.3 is 16.0 Å². The molecule has 0 fully saturated rings. The Morgan fingerprint density at radius 2 is 2.44 bits per heavy atom. The molecule has 1 amide bonds. The van der Waals surface area contributed by atoms with Crippen LogP contribution < -0.4 is 11.5 Å². The van der Waals surface area contributed by atoms with Crippen molar-refractivity contribution in [1.82, 2.24) is 9.55 Å². The number of hydrogen-bond donors (Lipinski definition) is 2. The average molecular weight is 236 g/mol. The molecule has 16 heavy (non-hydrogen) atoms. The number of imidazole rings is 1. The molecule has 2 heterocycles. The van der Waals surface area contributed by atoms with Crippen molar-refractivity contribution in [2.45, 2.75) is 12.6 Å². The fourth-order valence-corrected chi connectivity index (χ4v) is 2.13. The molecule has 0 aromatic carbocycles. The van der Waals surface area contributed by atoms with Crippen LogP contribution in [-0.4, -0.2) is 21.5 Å². The van der Waals surface area contributed by atoms with Crippen molar-refractivity contribution in [2.75, 3.05) is 0 Å². The van der Waals surface area contributed by atoms with Gasteiger partial charge in [0.25, 0.3) is 0 Å². The zero-order chi connectivity index (χ0) is 11.5. The van der Waals surface area contributed by atoms with Crippen LogP contribution in [0.1, 0.15) is 0 Å². The van der Waals surface area contributed by atoms with E-state index in [0.29, 0.717) is 6.54 Å². The largest absolute Gasteiger partial charge is 0.368 e. The van der Waals surface area contributed by atoms with E-state index in [1.54, 1.807) is 23.7 Å². The molecule has 6 heteroatoms. The number of carbonyl (C=O) groups is 1. The van der Waals surface area contributed by atoms with E-state index in [0.717, 1.165) is 10.7 Å². The molecular formula is C10H12N4OS. The first-order valence-electron chi connectivity index (χ1n) is 4.78. The zero-order valence-electron chi connectivity index (χ0n) is 8.54. The minimum Gasteiger partial charge on any atom is -0.368 e. The van der Waals surface area contributed by atoms with E-state index in [1.807, 2.05) is 22.1 Å². The first-order valence-corrected chi connectivity index (χ1v) is 5.66. The highest BCUT2D eigenvalue weighted by Crippen LogP contribution is 2.22.